The second kappa shape index (κ2) is 7.83. The Morgan fingerprint density at radius 1 is 1.25 bits per heavy atom. The van der Waals surface area contributed by atoms with E-state index in [0.717, 1.165) is 5.76 Å². The third-order valence-corrected chi connectivity index (χ3v) is 6.40. The Morgan fingerprint density at radius 2 is 2.08 bits per heavy atom. The minimum Gasteiger partial charge on any atom is -0.458 e. The number of hydrogen-bond donors (Lipinski definition) is 3. The van der Waals surface area contributed by atoms with E-state index in [-0.39, 0.29) is 25.7 Å². The largest absolute Gasteiger partial charge is 0.458 e. The van der Waals surface area contributed by atoms with Crippen LogP contribution in [-0.4, -0.2) is 70.7 Å². The van der Waals surface area contributed by atoms with Crippen molar-refractivity contribution in [1.82, 2.24) is 39.7 Å². The summed E-state index contributed by atoms with van der Waals surface area (Å²) < 4.78 is 13.6. The van der Waals surface area contributed by atoms with E-state index in [1.165, 1.54) is 9.20 Å². The fraction of sp³-hybridized carbons (Fsp3) is 0.304. The zero-order valence-corrected chi connectivity index (χ0v) is 19.5. The molecule has 1 aliphatic rings. The van der Waals surface area contributed by atoms with Crippen molar-refractivity contribution < 1.29 is 19.1 Å². The number of amides is 1. The molecule has 36 heavy (non-hydrogen) atoms. The molecule has 0 aromatic carbocycles. The summed E-state index contributed by atoms with van der Waals surface area (Å²) in [5.74, 6) is 1.23. The third kappa shape index (κ3) is 3.31. The highest BCUT2D eigenvalue weighted by Crippen LogP contribution is 2.31. The maximum absolute atomic E-state index is 13.7. The summed E-state index contributed by atoms with van der Waals surface area (Å²) in [6.07, 6.45) is 4.77. The number of aryl methyl sites for hydroxylation is 1. The first-order valence-corrected chi connectivity index (χ1v) is 11.2. The number of aliphatic hydroxyl groups is 1. The van der Waals surface area contributed by atoms with Gasteiger partial charge in [0.05, 0.1) is 31.3 Å². The summed E-state index contributed by atoms with van der Waals surface area (Å²) in [5, 5.41) is 22.8. The van der Waals surface area contributed by atoms with Crippen molar-refractivity contribution in [1.29, 1.82) is 0 Å². The molecule has 0 bridgehead atoms. The molecule has 0 aliphatic carbocycles. The number of rotatable bonds is 6. The second-order valence-electron chi connectivity index (χ2n) is 9.06. The predicted octanol–water partition coefficient (Wildman–Crippen LogP) is 0.661. The monoisotopic (exact) mass is 489 g/mol. The molecule has 13 nitrogen and oxygen atoms in total. The maximum atomic E-state index is 13.7. The molecule has 184 valence electrons. The summed E-state index contributed by atoms with van der Waals surface area (Å²) in [5.41, 5.74) is 5.10. The Labute approximate surface area is 203 Å². The number of fused-ring (bicyclic) bond motifs is 3. The van der Waals surface area contributed by atoms with E-state index in [4.69, 9.17) is 14.9 Å². The van der Waals surface area contributed by atoms with Crippen LogP contribution in [0.1, 0.15) is 18.2 Å². The summed E-state index contributed by atoms with van der Waals surface area (Å²) in [6, 6.07) is 7.10. The predicted molar refractivity (Wildman–Crippen MR) is 127 cm³/mol. The van der Waals surface area contributed by atoms with Crippen LogP contribution in [0.25, 0.3) is 28.3 Å². The molecule has 0 radical (unpaired) electrons. The van der Waals surface area contributed by atoms with Crippen molar-refractivity contribution in [2.45, 2.75) is 25.0 Å². The van der Waals surface area contributed by atoms with Gasteiger partial charge in [0.1, 0.15) is 11.4 Å². The lowest BCUT2D eigenvalue weighted by atomic mass is 9.91. The number of anilines is 1. The van der Waals surface area contributed by atoms with Crippen molar-refractivity contribution in [3.63, 3.8) is 0 Å². The van der Waals surface area contributed by atoms with E-state index in [9.17, 15) is 9.90 Å². The van der Waals surface area contributed by atoms with Crippen LogP contribution in [0, 0.1) is 6.92 Å². The van der Waals surface area contributed by atoms with Gasteiger partial charge in [-0.15, -0.1) is 5.10 Å². The summed E-state index contributed by atoms with van der Waals surface area (Å²) in [7, 11) is 0. The van der Waals surface area contributed by atoms with Gasteiger partial charge in [-0.3, -0.25) is 9.78 Å². The van der Waals surface area contributed by atoms with Crippen LogP contribution in [-0.2, 0) is 15.1 Å². The van der Waals surface area contributed by atoms with Crippen LogP contribution in [0.5, 0.6) is 0 Å². The van der Waals surface area contributed by atoms with Gasteiger partial charge in [0.15, 0.2) is 22.6 Å². The van der Waals surface area contributed by atoms with Crippen LogP contribution < -0.4 is 11.1 Å². The number of pyridine rings is 1. The number of hydrogen-bond acceptors (Lipinski definition) is 10. The Bertz CT molecular complexity index is 1600. The molecule has 0 saturated carbocycles. The molecular weight excluding hydrogens is 466 g/mol. The summed E-state index contributed by atoms with van der Waals surface area (Å²) in [6.45, 7) is 3.87. The lowest BCUT2D eigenvalue weighted by Crippen LogP contribution is -2.59. The normalized spacial score (nSPS) is 16.6. The van der Waals surface area contributed by atoms with Crippen LogP contribution in [0.4, 0.5) is 5.95 Å². The molecule has 6 heterocycles. The quantitative estimate of drug-likeness (QED) is 0.308. The van der Waals surface area contributed by atoms with E-state index < -0.39 is 17.0 Å². The Kier molecular flexibility index (Phi) is 4.81. The van der Waals surface area contributed by atoms with Crippen molar-refractivity contribution in [3.8, 4) is 11.6 Å². The number of furan rings is 1. The van der Waals surface area contributed by atoms with Gasteiger partial charge in [-0.1, -0.05) is 6.07 Å². The van der Waals surface area contributed by atoms with Gasteiger partial charge in [-0.25, -0.2) is 9.67 Å². The van der Waals surface area contributed by atoms with Gasteiger partial charge in [-0.05, 0) is 32.0 Å². The zero-order chi connectivity index (χ0) is 25.1. The van der Waals surface area contributed by atoms with Gasteiger partial charge in [0.2, 0.25) is 11.8 Å². The molecule has 13 heteroatoms. The average Bonchev–Trinajstić information content (AvgIpc) is 3.59. The highest BCUT2D eigenvalue weighted by Gasteiger charge is 2.43. The smallest absolute Gasteiger partial charge is 0.252 e. The number of nitrogens with two attached hydrogens (primary N) is 1. The highest BCUT2D eigenvalue weighted by molar-refractivity contribution is 5.94. The molecule has 6 rings (SSSR count). The molecule has 1 aliphatic heterocycles. The summed E-state index contributed by atoms with van der Waals surface area (Å²) in [4.78, 5) is 27.0. The van der Waals surface area contributed by atoms with E-state index in [0.29, 0.717) is 33.8 Å². The molecule has 0 spiro atoms. The molecule has 5 aromatic rings. The number of nitrogen functional groups attached to an aromatic ring is 1. The van der Waals surface area contributed by atoms with Gasteiger partial charge in [0, 0.05) is 18.0 Å². The van der Waals surface area contributed by atoms with Crippen LogP contribution in [0.15, 0.2) is 47.3 Å². The van der Waals surface area contributed by atoms with E-state index >= 15 is 0 Å². The Morgan fingerprint density at radius 3 is 2.75 bits per heavy atom. The molecular formula is C23H23N9O4. The standard InChI is InChI=1S/C23H23N9O4/c1-13-5-6-16(36-13)17-28-18-15-9-27-32(19(15)29-21(24)31(18)30-17)22(2,14-4-3-7-25-8-14)20(33)26-10-23(34)11-35-12-23/h3-9,34H,10-12H2,1-2H3,(H2,24,29)(H,26,33). The minimum absolute atomic E-state index is 0.0246. The number of ether oxygens (including phenoxy) is 1. The van der Waals surface area contributed by atoms with E-state index in [2.05, 4.69) is 30.5 Å². The van der Waals surface area contributed by atoms with Crippen LogP contribution in [0.2, 0.25) is 0 Å². The molecule has 1 amide bonds. The zero-order valence-electron chi connectivity index (χ0n) is 19.5. The number of aromatic nitrogens is 7. The van der Waals surface area contributed by atoms with Crippen LogP contribution >= 0.6 is 0 Å². The Balaban J connectivity index is 1.49. The number of nitrogens with one attached hydrogen (secondary N) is 1. The van der Waals surface area contributed by atoms with Crippen molar-refractivity contribution >= 4 is 28.5 Å². The Hall–Kier alpha value is -4.36. The fourth-order valence-electron chi connectivity index (χ4n) is 4.25. The highest BCUT2D eigenvalue weighted by atomic mass is 16.5. The van der Waals surface area contributed by atoms with Gasteiger partial charge in [-0.2, -0.15) is 14.6 Å². The van der Waals surface area contributed by atoms with Crippen molar-refractivity contribution in [2.75, 3.05) is 25.5 Å². The average molecular weight is 489 g/mol. The number of carbonyl (C=O) groups excluding carboxylic acids is 1. The molecule has 1 atom stereocenters. The molecule has 1 unspecified atom stereocenters. The number of carbonyl (C=O) groups is 1. The van der Waals surface area contributed by atoms with Crippen molar-refractivity contribution in [2.24, 2.45) is 0 Å². The molecule has 1 fully saturated rings. The molecule has 5 aromatic heterocycles. The summed E-state index contributed by atoms with van der Waals surface area (Å²) >= 11 is 0. The van der Waals surface area contributed by atoms with E-state index in [1.807, 2.05) is 13.0 Å². The molecule has 1 saturated heterocycles. The van der Waals surface area contributed by atoms with Gasteiger partial charge < -0.3 is 25.3 Å². The lowest BCUT2D eigenvalue weighted by Gasteiger charge is -2.37. The minimum atomic E-state index is -1.38. The first-order chi connectivity index (χ1) is 17.3. The lowest BCUT2D eigenvalue weighted by molar-refractivity contribution is -0.176. The number of nitrogens with zero attached hydrogens (tertiary/aromatic N) is 7. The maximum Gasteiger partial charge on any atom is 0.252 e. The first-order valence-electron chi connectivity index (χ1n) is 11.2. The topological polar surface area (TPSA) is 172 Å². The van der Waals surface area contributed by atoms with Gasteiger partial charge in [0.25, 0.3) is 5.91 Å². The first kappa shape index (κ1) is 22.1. The van der Waals surface area contributed by atoms with Gasteiger partial charge >= 0.3 is 0 Å². The van der Waals surface area contributed by atoms with E-state index in [1.54, 1.807) is 43.7 Å². The third-order valence-electron chi connectivity index (χ3n) is 6.40. The fourth-order valence-corrected chi connectivity index (χ4v) is 4.25. The van der Waals surface area contributed by atoms with Crippen molar-refractivity contribution in [3.05, 3.63) is 54.2 Å². The van der Waals surface area contributed by atoms with Crippen LogP contribution in [0.3, 0.4) is 0 Å². The second-order valence-corrected chi connectivity index (χ2v) is 9.06. The SMILES string of the molecule is Cc1ccc(-c2nc3c4cnn(C(C)(C(=O)NCC5(O)COC5)c5cccnc5)c4nc(N)n3n2)o1. The molecule has 4 N–H and O–H groups in total.